The molecule has 18 heavy (non-hydrogen) atoms. The number of benzene rings is 2. The van der Waals surface area contributed by atoms with Gasteiger partial charge in [0, 0.05) is 18.7 Å². The highest BCUT2D eigenvalue weighted by Crippen LogP contribution is 2.19. The van der Waals surface area contributed by atoms with E-state index < -0.39 is 0 Å². The molecule has 2 nitrogen and oxygen atoms in total. The van der Waals surface area contributed by atoms with E-state index in [0.717, 1.165) is 6.54 Å². The molecule has 1 N–H and O–H groups in total. The number of methoxy groups -OCH3 is 1. The molecule has 0 aliphatic heterocycles. The molecule has 0 aromatic heterocycles. The molecule has 2 aromatic rings. The van der Waals surface area contributed by atoms with Gasteiger partial charge in [0.1, 0.15) is 0 Å². The van der Waals surface area contributed by atoms with Gasteiger partial charge < -0.3 is 10.1 Å². The van der Waals surface area contributed by atoms with Crippen LogP contribution in [0.2, 0.25) is 0 Å². The zero-order chi connectivity index (χ0) is 12.8. The minimum absolute atomic E-state index is 0.286. The van der Waals surface area contributed by atoms with Crippen molar-refractivity contribution in [2.24, 2.45) is 0 Å². The van der Waals surface area contributed by atoms with E-state index in [4.69, 9.17) is 4.74 Å². The Morgan fingerprint density at radius 2 is 1.78 bits per heavy atom. The summed E-state index contributed by atoms with van der Waals surface area (Å²) in [5.41, 5.74) is 1.80. The molecule has 2 rings (SSSR count). The Balaban J connectivity index is 1.95. The first-order valence-corrected chi connectivity index (χ1v) is 5.87. The van der Waals surface area contributed by atoms with E-state index in [9.17, 15) is 4.39 Å². The first-order valence-electron chi connectivity index (χ1n) is 5.87. The van der Waals surface area contributed by atoms with Gasteiger partial charge in [-0.3, -0.25) is 0 Å². The lowest BCUT2D eigenvalue weighted by molar-refractivity contribution is 0.383. The Bertz CT molecular complexity index is 499. The molecule has 0 radical (unpaired) electrons. The fourth-order valence-corrected chi connectivity index (χ4v) is 1.79. The van der Waals surface area contributed by atoms with Gasteiger partial charge in [0.25, 0.3) is 0 Å². The zero-order valence-corrected chi connectivity index (χ0v) is 10.3. The monoisotopic (exact) mass is 245 g/mol. The number of hydrogen-bond acceptors (Lipinski definition) is 2. The SMILES string of the molecule is COc1cccc(CNCc2ccccc2)c1F. The van der Waals surface area contributed by atoms with Gasteiger partial charge in [0.2, 0.25) is 0 Å². The van der Waals surface area contributed by atoms with Gasteiger partial charge in [-0.2, -0.15) is 0 Å². The Labute approximate surface area is 106 Å². The first-order chi connectivity index (χ1) is 8.81. The first kappa shape index (κ1) is 12.6. The van der Waals surface area contributed by atoms with Crippen LogP contribution >= 0.6 is 0 Å². The quantitative estimate of drug-likeness (QED) is 0.873. The van der Waals surface area contributed by atoms with Crippen molar-refractivity contribution in [1.82, 2.24) is 5.32 Å². The fraction of sp³-hybridized carbons (Fsp3) is 0.200. The van der Waals surface area contributed by atoms with E-state index in [2.05, 4.69) is 5.32 Å². The van der Waals surface area contributed by atoms with Crippen LogP contribution in [0.25, 0.3) is 0 Å². The van der Waals surface area contributed by atoms with Crippen LogP contribution in [-0.4, -0.2) is 7.11 Å². The van der Waals surface area contributed by atoms with Gasteiger partial charge in [-0.15, -0.1) is 0 Å². The fourth-order valence-electron chi connectivity index (χ4n) is 1.79. The van der Waals surface area contributed by atoms with Gasteiger partial charge in [-0.05, 0) is 11.6 Å². The van der Waals surface area contributed by atoms with Crippen molar-refractivity contribution in [2.75, 3.05) is 7.11 Å². The highest BCUT2D eigenvalue weighted by Gasteiger charge is 2.07. The van der Waals surface area contributed by atoms with Gasteiger partial charge in [-0.1, -0.05) is 42.5 Å². The third kappa shape index (κ3) is 3.08. The Morgan fingerprint density at radius 1 is 1.00 bits per heavy atom. The van der Waals surface area contributed by atoms with E-state index in [0.29, 0.717) is 12.1 Å². The smallest absolute Gasteiger partial charge is 0.169 e. The summed E-state index contributed by atoms with van der Waals surface area (Å²) in [4.78, 5) is 0. The van der Waals surface area contributed by atoms with E-state index in [1.807, 2.05) is 30.3 Å². The predicted octanol–water partition coefficient (Wildman–Crippen LogP) is 3.12. The number of rotatable bonds is 5. The largest absolute Gasteiger partial charge is 0.494 e. The molecule has 0 amide bonds. The van der Waals surface area contributed by atoms with Crippen LogP contribution in [0.3, 0.4) is 0 Å². The molecule has 0 heterocycles. The van der Waals surface area contributed by atoms with Crippen LogP contribution in [0, 0.1) is 5.82 Å². The lowest BCUT2D eigenvalue weighted by Gasteiger charge is -2.08. The summed E-state index contributed by atoms with van der Waals surface area (Å²) in [6, 6.07) is 15.2. The molecule has 0 aliphatic carbocycles. The van der Waals surface area contributed by atoms with Crippen LogP contribution in [0.15, 0.2) is 48.5 Å². The van der Waals surface area contributed by atoms with Crippen LogP contribution < -0.4 is 10.1 Å². The maximum absolute atomic E-state index is 13.8. The topological polar surface area (TPSA) is 21.3 Å². The second-order valence-electron chi connectivity index (χ2n) is 4.02. The van der Waals surface area contributed by atoms with Crippen LogP contribution in [0.4, 0.5) is 4.39 Å². The molecule has 0 atom stereocenters. The molecule has 3 heteroatoms. The summed E-state index contributed by atoms with van der Waals surface area (Å²) >= 11 is 0. The highest BCUT2D eigenvalue weighted by molar-refractivity contribution is 5.31. The molecular formula is C15H16FNO. The molecular weight excluding hydrogens is 229 g/mol. The summed E-state index contributed by atoms with van der Waals surface area (Å²) in [6.07, 6.45) is 0. The number of ether oxygens (including phenoxy) is 1. The summed E-state index contributed by atoms with van der Waals surface area (Å²) in [5, 5.41) is 3.21. The van der Waals surface area contributed by atoms with E-state index in [1.165, 1.54) is 12.7 Å². The van der Waals surface area contributed by atoms with Crippen molar-refractivity contribution < 1.29 is 9.13 Å². The van der Waals surface area contributed by atoms with Crippen LogP contribution in [0.1, 0.15) is 11.1 Å². The van der Waals surface area contributed by atoms with Crippen molar-refractivity contribution in [3.8, 4) is 5.75 Å². The van der Waals surface area contributed by atoms with Crippen LogP contribution in [-0.2, 0) is 13.1 Å². The molecule has 2 aromatic carbocycles. The molecule has 0 bridgehead atoms. The van der Waals surface area contributed by atoms with Crippen molar-refractivity contribution in [3.05, 3.63) is 65.5 Å². The van der Waals surface area contributed by atoms with Crippen LogP contribution in [0.5, 0.6) is 5.75 Å². The molecule has 0 fully saturated rings. The summed E-state index contributed by atoms with van der Waals surface area (Å²) in [7, 11) is 1.47. The summed E-state index contributed by atoms with van der Waals surface area (Å²) in [6.45, 7) is 1.20. The molecule has 0 saturated heterocycles. The van der Waals surface area contributed by atoms with Gasteiger partial charge in [-0.25, -0.2) is 4.39 Å². The van der Waals surface area contributed by atoms with Crippen molar-refractivity contribution >= 4 is 0 Å². The lowest BCUT2D eigenvalue weighted by atomic mass is 10.2. The number of halogens is 1. The predicted molar refractivity (Wildman–Crippen MR) is 69.9 cm³/mol. The average molecular weight is 245 g/mol. The highest BCUT2D eigenvalue weighted by atomic mass is 19.1. The Hall–Kier alpha value is -1.87. The van der Waals surface area contributed by atoms with Gasteiger partial charge >= 0.3 is 0 Å². The maximum Gasteiger partial charge on any atom is 0.169 e. The van der Waals surface area contributed by atoms with E-state index in [1.54, 1.807) is 18.2 Å². The molecule has 94 valence electrons. The second kappa shape index (κ2) is 6.17. The maximum atomic E-state index is 13.8. The van der Waals surface area contributed by atoms with Gasteiger partial charge in [0.05, 0.1) is 7.11 Å². The summed E-state index contributed by atoms with van der Waals surface area (Å²) in [5.74, 6) is -0.00503. The number of hydrogen-bond donors (Lipinski definition) is 1. The zero-order valence-electron chi connectivity index (χ0n) is 10.3. The second-order valence-corrected chi connectivity index (χ2v) is 4.02. The Kier molecular flexibility index (Phi) is 4.31. The van der Waals surface area contributed by atoms with E-state index in [-0.39, 0.29) is 11.6 Å². The average Bonchev–Trinajstić information content (AvgIpc) is 2.42. The number of nitrogens with one attached hydrogen (secondary N) is 1. The normalized spacial score (nSPS) is 10.3. The third-order valence-electron chi connectivity index (χ3n) is 2.75. The Morgan fingerprint density at radius 3 is 2.50 bits per heavy atom. The molecule has 0 unspecified atom stereocenters. The molecule has 0 aliphatic rings. The minimum atomic E-state index is -0.291. The minimum Gasteiger partial charge on any atom is -0.494 e. The molecule has 0 saturated carbocycles. The van der Waals surface area contributed by atoms with Crippen molar-refractivity contribution in [2.45, 2.75) is 13.1 Å². The van der Waals surface area contributed by atoms with Crippen molar-refractivity contribution in [3.63, 3.8) is 0 Å². The van der Waals surface area contributed by atoms with Gasteiger partial charge in [0.15, 0.2) is 11.6 Å². The third-order valence-corrected chi connectivity index (χ3v) is 2.75. The molecule has 0 spiro atoms. The summed E-state index contributed by atoms with van der Waals surface area (Å²) < 4.78 is 18.8. The standard InChI is InChI=1S/C15H16FNO/c1-18-14-9-5-8-13(15(14)16)11-17-10-12-6-3-2-4-7-12/h2-9,17H,10-11H2,1H3. The van der Waals surface area contributed by atoms with Crippen molar-refractivity contribution in [1.29, 1.82) is 0 Å². The van der Waals surface area contributed by atoms with E-state index >= 15 is 0 Å². The lowest BCUT2D eigenvalue weighted by Crippen LogP contribution is -2.13.